The van der Waals surface area contributed by atoms with E-state index in [0.29, 0.717) is 17.7 Å². The molecule has 0 fully saturated rings. The van der Waals surface area contributed by atoms with Crippen molar-refractivity contribution in [3.8, 4) is 11.5 Å². The quantitative estimate of drug-likeness (QED) is 0.841. The van der Waals surface area contributed by atoms with Gasteiger partial charge in [0.15, 0.2) is 5.82 Å². The molecule has 0 atom stereocenters. The average molecular weight is 289 g/mol. The molecule has 114 valence electrons. The summed E-state index contributed by atoms with van der Waals surface area (Å²) in [5.41, 5.74) is 0.921. The first-order chi connectivity index (χ1) is 10.2. The Morgan fingerprint density at radius 2 is 1.90 bits per heavy atom. The standard InChI is InChI=1S/C14H23N7/c1-5-10-21-11(8-9-16-21)12-17-13(15-4)19-14(18-12)20(6-2)7-3/h8-9H,5-7,10H2,1-4H3,(H,15,17,18,19). The van der Waals surface area contributed by atoms with Crippen LogP contribution < -0.4 is 10.2 Å². The molecule has 0 saturated carbocycles. The smallest absolute Gasteiger partial charge is 0.230 e. The van der Waals surface area contributed by atoms with Crippen LogP contribution in [0, 0.1) is 0 Å². The molecule has 0 unspecified atom stereocenters. The summed E-state index contributed by atoms with van der Waals surface area (Å²) in [6.45, 7) is 8.87. The Kier molecular flexibility index (Phi) is 5.08. The normalized spacial score (nSPS) is 10.7. The Morgan fingerprint density at radius 1 is 1.14 bits per heavy atom. The number of aromatic nitrogens is 5. The molecule has 0 aliphatic carbocycles. The molecule has 2 heterocycles. The summed E-state index contributed by atoms with van der Waals surface area (Å²) < 4.78 is 1.93. The van der Waals surface area contributed by atoms with Gasteiger partial charge < -0.3 is 10.2 Å². The maximum Gasteiger partial charge on any atom is 0.230 e. The molecule has 0 spiro atoms. The zero-order valence-corrected chi connectivity index (χ0v) is 13.2. The highest BCUT2D eigenvalue weighted by atomic mass is 15.3. The predicted octanol–water partition coefficient (Wildman–Crippen LogP) is 2.03. The third-order valence-electron chi connectivity index (χ3n) is 3.27. The third kappa shape index (κ3) is 3.29. The van der Waals surface area contributed by atoms with E-state index in [4.69, 9.17) is 0 Å². The molecule has 0 amide bonds. The monoisotopic (exact) mass is 289 g/mol. The van der Waals surface area contributed by atoms with Crippen molar-refractivity contribution in [3.63, 3.8) is 0 Å². The summed E-state index contributed by atoms with van der Waals surface area (Å²) in [7, 11) is 1.81. The summed E-state index contributed by atoms with van der Waals surface area (Å²) in [6, 6.07) is 1.94. The fraction of sp³-hybridized carbons (Fsp3) is 0.571. The van der Waals surface area contributed by atoms with Crippen molar-refractivity contribution < 1.29 is 0 Å². The summed E-state index contributed by atoms with van der Waals surface area (Å²) in [4.78, 5) is 15.6. The van der Waals surface area contributed by atoms with Crippen LogP contribution in [-0.4, -0.2) is 44.9 Å². The summed E-state index contributed by atoms with van der Waals surface area (Å²) in [5, 5.41) is 7.34. The highest BCUT2D eigenvalue weighted by Crippen LogP contribution is 2.19. The topological polar surface area (TPSA) is 71.8 Å². The van der Waals surface area contributed by atoms with Gasteiger partial charge in [-0.05, 0) is 26.3 Å². The van der Waals surface area contributed by atoms with Crippen LogP contribution in [0.4, 0.5) is 11.9 Å². The van der Waals surface area contributed by atoms with Gasteiger partial charge in [-0.25, -0.2) is 0 Å². The number of hydrogen-bond donors (Lipinski definition) is 1. The molecule has 0 aliphatic heterocycles. The van der Waals surface area contributed by atoms with Crippen LogP contribution in [0.2, 0.25) is 0 Å². The molecule has 21 heavy (non-hydrogen) atoms. The molecule has 0 aromatic carbocycles. The molecule has 2 aromatic heterocycles. The number of hydrogen-bond acceptors (Lipinski definition) is 6. The van der Waals surface area contributed by atoms with E-state index in [9.17, 15) is 0 Å². The van der Waals surface area contributed by atoms with Crippen LogP contribution in [0.25, 0.3) is 11.5 Å². The molecular weight excluding hydrogens is 266 g/mol. The number of nitrogens with one attached hydrogen (secondary N) is 1. The first kappa shape index (κ1) is 15.2. The van der Waals surface area contributed by atoms with Crippen molar-refractivity contribution in [2.45, 2.75) is 33.7 Å². The van der Waals surface area contributed by atoms with E-state index in [1.165, 1.54) is 0 Å². The van der Waals surface area contributed by atoms with Crippen LogP contribution >= 0.6 is 0 Å². The van der Waals surface area contributed by atoms with Gasteiger partial charge in [-0.2, -0.15) is 20.1 Å². The lowest BCUT2D eigenvalue weighted by molar-refractivity contribution is 0.606. The predicted molar refractivity (Wildman–Crippen MR) is 84.4 cm³/mol. The maximum atomic E-state index is 4.61. The Morgan fingerprint density at radius 3 is 2.52 bits per heavy atom. The maximum absolute atomic E-state index is 4.61. The molecule has 2 rings (SSSR count). The highest BCUT2D eigenvalue weighted by molar-refractivity contribution is 5.54. The lowest BCUT2D eigenvalue weighted by Crippen LogP contribution is -2.25. The Bertz CT molecular complexity index is 574. The van der Waals surface area contributed by atoms with E-state index >= 15 is 0 Å². The minimum Gasteiger partial charge on any atom is -0.357 e. The van der Waals surface area contributed by atoms with Gasteiger partial charge in [-0.15, -0.1) is 0 Å². The molecule has 7 heteroatoms. The molecule has 2 aromatic rings. The van der Waals surface area contributed by atoms with Crippen molar-refractivity contribution in [1.82, 2.24) is 24.7 Å². The molecule has 0 aliphatic rings. The molecule has 0 saturated heterocycles. The number of anilines is 2. The van der Waals surface area contributed by atoms with E-state index < -0.39 is 0 Å². The number of aryl methyl sites for hydroxylation is 1. The summed E-state index contributed by atoms with van der Waals surface area (Å²) in [6.07, 6.45) is 2.80. The molecule has 0 radical (unpaired) electrons. The van der Waals surface area contributed by atoms with Gasteiger partial charge in [-0.1, -0.05) is 6.92 Å². The molecular formula is C14H23N7. The van der Waals surface area contributed by atoms with E-state index in [-0.39, 0.29) is 0 Å². The van der Waals surface area contributed by atoms with Crippen LogP contribution in [0.5, 0.6) is 0 Å². The first-order valence-electron chi connectivity index (χ1n) is 7.44. The summed E-state index contributed by atoms with van der Waals surface area (Å²) >= 11 is 0. The van der Waals surface area contributed by atoms with Gasteiger partial charge in [0.05, 0.1) is 0 Å². The van der Waals surface area contributed by atoms with Crippen LogP contribution in [0.15, 0.2) is 12.3 Å². The minimum absolute atomic E-state index is 0.575. The lowest BCUT2D eigenvalue weighted by Gasteiger charge is -2.19. The van der Waals surface area contributed by atoms with E-state index in [2.05, 4.69) is 51.0 Å². The van der Waals surface area contributed by atoms with Crippen molar-refractivity contribution in [2.75, 3.05) is 30.4 Å². The van der Waals surface area contributed by atoms with Crippen molar-refractivity contribution >= 4 is 11.9 Å². The number of rotatable bonds is 7. The van der Waals surface area contributed by atoms with Crippen LogP contribution in [0.3, 0.4) is 0 Å². The van der Waals surface area contributed by atoms with Crippen molar-refractivity contribution in [3.05, 3.63) is 12.3 Å². The van der Waals surface area contributed by atoms with E-state index in [1.807, 2.05) is 17.8 Å². The molecule has 1 N–H and O–H groups in total. The second-order valence-corrected chi connectivity index (χ2v) is 4.64. The van der Waals surface area contributed by atoms with Crippen molar-refractivity contribution in [1.29, 1.82) is 0 Å². The SMILES string of the molecule is CCCn1nccc1-c1nc(NC)nc(N(CC)CC)n1. The van der Waals surface area contributed by atoms with E-state index in [0.717, 1.165) is 31.7 Å². The van der Waals surface area contributed by atoms with Crippen LogP contribution in [0.1, 0.15) is 27.2 Å². The van der Waals surface area contributed by atoms with Crippen LogP contribution in [-0.2, 0) is 6.54 Å². The van der Waals surface area contributed by atoms with Gasteiger partial charge in [0.25, 0.3) is 0 Å². The third-order valence-corrected chi connectivity index (χ3v) is 3.27. The average Bonchev–Trinajstić information content (AvgIpc) is 2.97. The largest absolute Gasteiger partial charge is 0.357 e. The number of nitrogens with zero attached hydrogens (tertiary/aromatic N) is 6. The van der Waals surface area contributed by atoms with Crippen molar-refractivity contribution in [2.24, 2.45) is 0 Å². The van der Waals surface area contributed by atoms with Gasteiger partial charge in [-0.3, -0.25) is 4.68 Å². The van der Waals surface area contributed by atoms with E-state index in [1.54, 1.807) is 6.20 Å². The molecule has 7 nitrogen and oxygen atoms in total. The minimum atomic E-state index is 0.575. The Labute approximate surface area is 125 Å². The van der Waals surface area contributed by atoms with Gasteiger partial charge in [0.2, 0.25) is 11.9 Å². The first-order valence-corrected chi connectivity index (χ1v) is 7.44. The summed E-state index contributed by atoms with van der Waals surface area (Å²) in [5.74, 6) is 1.92. The second-order valence-electron chi connectivity index (χ2n) is 4.64. The van der Waals surface area contributed by atoms with Gasteiger partial charge in [0, 0.05) is 32.9 Å². The Hall–Kier alpha value is -2.18. The lowest BCUT2D eigenvalue weighted by atomic mass is 10.4. The Balaban J connectivity index is 2.47. The second kappa shape index (κ2) is 7.01. The van der Waals surface area contributed by atoms with Gasteiger partial charge in [0.1, 0.15) is 5.69 Å². The molecule has 0 bridgehead atoms. The fourth-order valence-corrected chi connectivity index (χ4v) is 2.15. The zero-order valence-electron chi connectivity index (χ0n) is 13.2. The zero-order chi connectivity index (χ0) is 15.2. The van der Waals surface area contributed by atoms with Gasteiger partial charge >= 0.3 is 0 Å². The fourth-order valence-electron chi connectivity index (χ4n) is 2.15. The highest BCUT2D eigenvalue weighted by Gasteiger charge is 2.14.